The zero-order chi connectivity index (χ0) is 15.9. The van der Waals surface area contributed by atoms with E-state index in [4.69, 9.17) is 0 Å². The largest absolute Gasteiger partial charge is 0.389 e. The zero-order valence-corrected chi connectivity index (χ0v) is 13.6. The number of amides is 1. The second kappa shape index (κ2) is 5.23. The van der Waals surface area contributed by atoms with Gasteiger partial charge in [0.25, 0.3) is 11.5 Å². The molecule has 114 valence electrons. The average molecular weight is 309 g/mol. The van der Waals surface area contributed by atoms with Crippen LogP contribution >= 0.6 is 11.3 Å². The fourth-order valence-corrected chi connectivity index (χ4v) is 3.11. The van der Waals surface area contributed by atoms with Crippen LogP contribution < -0.4 is 5.56 Å². The van der Waals surface area contributed by atoms with E-state index in [9.17, 15) is 14.7 Å². The molecule has 6 nitrogen and oxygen atoms in total. The molecule has 0 fully saturated rings. The number of hydrogen-bond acceptors (Lipinski definition) is 5. The Morgan fingerprint density at radius 1 is 1.48 bits per heavy atom. The number of carbonyl (C=O) groups excluding carboxylic acids is 1. The number of likely N-dealkylation sites (N-methyl/N-ethyl adjacent to an activating group) is 1. The first kappa shape index (κ1) is 15.7. The second-order valence-corrected chi connectivity index (χ2v) is 6.99. The van der Waals surface area contributed by atoms with E-state index >= 15 is 0 Å². The Balaban J connectivity index is 2.48. The van der Waals surface area contributed by atoms with Gasteiger partial charge in [0, 0.05) is 30.4 Å². The second-order valence-electron chi connectivity index (χ2n) is 5.81. The summed E-state index contributed by atoms with van der Waals surface area (Å²) in [4.78, 5) is 32.0. The van der Waals surface area contributed by atoms with Gasteiger partial charge in [0.15, 0.2) is 4.96 Å². The summed E-state index contributed by atoms with van der Waals surface area (Å²) < 4.78 is 1.46. The topological polar surface area (TPSA) is 74.9 Å². The minimum atomic E-state index is -1.02. The molecule has 0 aliphatic heterocycles. The molecule has 0 spiro atoms. The van der Waals surface area contributed by atoms with E-state index in [2.05, 4.69) is 4.98 Å². The molecule has 2 heterocycles. The first-order valence-electron chi connectivity index (χ1n) is 6.57. The van der Waals surface area contributed by atoms with Gasteiger partial charge in [-0.2, -0.15) is 0 Å². The summed E-state index contributed by atoms with van der Waals surface area (Å²) in [5.74, 6) is -0.438. The quantitative estimate of drug-likeness (QED) is 0.925. The van der Waals surface area contributed by atoms with E-state index in [1.165, 1.54) is 26.8 Å². The van der Waals surface area contributed by atoms with Crippen molar-refractivity contribution in [2.75, 3.05) is 13.6 Å². The van der Waals surface area contributed by atoms with Gasteiger partial charge in [-0.1, -0.05) is 0 Å². The summed E-state index contributed by atoms with van der Waals surface area (Å²) in [7, 11) is 1.56. The van der Waals surface area contributed by atoms with Crippen molar-refractivity contribution in [3.8, 4) is 0 Å². The molecule has 1 amide bonds. The zero-order valence-electron chi connectivity index (χ0n) is 12.8. The normalized spacial score (nSPS) is 11.9. The first-order chi connectivity index (χ1) is 9.61. The summed E-state index contributed by atoms with van der Waals surface area (Å²) in [6.45, 7) is 7.09. The molecule has 2 aromatic heterocycles. The standard InChI is InChI=1S/C14H19N3O3S/c1-8-9(2)21-13-15-6-10(12(19)17(8)13)11(18)16(5)7-14(3,4)20/h6,20H,7H2,1-5H3. The maximum Gasteiger partial charge on any atom is 0.271 e. The van der Waals surface area contributed by atoms with Crippen LogP contribution in [0.2, 0.25) is 0 Å². The molecule has 0 radical (unpaired) electrons. The van der Waals surface area contributed by atoms with Crippen LogP contribution in [0, 0.1) is 13.8 Å². The molecule has 0 aromatic carbocycles. The molecule has 0 unspecified atom stereocenters. The Labute approximate surface area is 126 Å². The minimum Gasteiger partial charge on any atom is -0.389 e. The molecule has 0 bridgehead atoms. The lowest BCUT2D eigenvalue weighted by molar-refractivity contribution is 0.0366. The Morgan fingerprint density at radius 2 is 2.10 bits per heavy atom. The highest BCUT2D eigenvalue weighted by molar-refractivity contribution is 7.17. The number of hydrogen-bond donors (Lipinski definition) is 1. The molecular formula is C14H19N3O3S. The van der Waals surface area contributed by atoms with Gasteiger partial charge in [0.05, 0.1) is 5.60 Å². The van der Waals surface area contributed by atoms with Crippen molar-refractivity contribution in [2.45, 2.75) is 33.3 Å². The first-order valence-corrected chi connectivity index (χ1v) is 7.39. The maximum absolute atomic E-state index is 12.5. The lowest BCUT2D eigenvalue weighted by Gasteiger charge is -2.25. The SMILES string of the molecule is Cc1sc2ncc(C(=O)N(C)CC(C)(C)O)c(=O)n2c1C. The Hall–Kier alpha value is -1.73. The van der Waals surface area contributed by atoms with Gasteiger partial charge in [-0.25, -0.2) is 4.98 Å². The average Bonchev–Trinajstić information content (AvgIpc) is 2.63. The lowest BCUT2D eigenvalue weighted by atomic mass is 10.1. The van der Waals surface area contributed by atoms with Crippen molar-refractivity contribution < 1.29 is 9.90 Å². The monoisotopic (exact) mass is 309 g/mol. The lowest BCUT2D eigenvalue weighted by Crippen LogP contribution is -2.41. The highest BCUT2D eigenvalue weighted by Gasteiger charge is 2.23. The van der Waals surface area contributed by atoms with Crippen LogP contribution in [0.5, 0.6) is 0 Å². The number of fused-ring (bicyclic) bond motifs is 1. The van der Waals surface area contributed by atoms with Crippen LogP contribution in [0.25, 0.3) is 4.96 Å². The van der Waals surface area contributed by atoms with Crippen LogP contribution in [0.15, 0.2) is 11.0 Å². The number of aliphatic hydroxyl groups is 1. The van der Waals surface area contributed by atoms with E-state index in [-0.39, 0.29) is 17.7 Å². The van der Waals surface area contributed by atoms with E-state index in [0.29, 0.717) is 4.96 Å². The highest BCUT2D eigenvalue weighted by atomic mass is 32.1. The van der Waals surface area contributed by atoms with E-state index in [0.717, 1.165) is 10.6 Å². The third-order valence-corrected chi connectivity index (χ3v) is 4.29. The third kappa shape index (κ3) is 2.98. The number of thiazole rings is 1. The Morgan fingerprint density at radius 3 is 2.67 bits per heavy atom. The van der Waals surface area contributed by atoms with E-state index in [1.54, 1.807) is 20.9 Å². The van der Waals surface area contributed by atoms with Crippen molar-refractivity contribution in [1.29, 1.82) is 0 Å². The number of rotatable bonds is 3. The third-order valence-electron chi connectivity index (χ3n) is 3.22. The van der Waals surface area contributed by atoms with Crippen LogP contribution in [0.3, 0.4) is 0 Å². The van der Waals surface area contributed by atoms with Crippen LogP contribution in [0.1, 0.15) is 34.8 Å². The van der Waals surface area contributed by atoms with Crippen molar-refractivity contribution >= 4 is 22.2 Å². The molecular weight excluding hydrogens is 290 g/mol. The fourth-order valence-electron chi connectivity index (χ4n) is 2.18. The van der Waals surface area contributed by atoms with Crippen LogP contribution in [0.4, 0.5) is 0 Å². The molecule has 2 aromatic rings. The Bertz CT molecular complexity index is 755. The Kier molecular flexibility index (Phi) is 3.90. The van der Waals surface area contributed by atoms with Gasteiger partial charge < -0.3 is 10.0 Å². The van der Waals surface area contributed by atoms with Crippen molar-refractivity contribution in [2.24, 2.45) is 0 Å². The number of nitrogens with zero attached hydrogens (tertiary/aromatic N) is 3. The molecule has 1 N–H and O–H groups in total. The predicted octanol–water partition coefficient (Wildman–Crippen LogP) is 1.22. The number of aromatic nitrogens is 2. The van der Waals surface area contributed by atoms with Gasteiger partial charge in [0.1, 0.15) is 5.56 Å². The summed E-state index contributed by atoms with van der Waals surface area (Å²) in [5, 5.41) is 9.78. The molecule has 21 heavy (non-hydrogen) atoms. The molecule has 0 atom stereocenters. The molecule has 0 aliphatic rings. The molecule has 0 saturated heterocycles. The van der Waals surface area contributed by atoms with Gasteiger partial charge in [-0.05, 0) is 27.7 Å². The van der Waals surface area contributed by atoms with E-state index in [1.807, 2.05) is 13.8 Å². The van der Waals surface area contributed by atoms with Crippen molar-refractivity contribution in [1.82, 2.24) is 14.3 Å². The molecule has 0 saturated carbocycles. The van der Waals surface area contributed by atoms with Crippen LogP contribution in [-0.4, -0.2) is 44.5 Å². The maximum atomic E-state index is 12.5. The summed E-state index contributed by atoms with van der Waals surface area (Å²) in [5.41, 5.74) is -0.575. The number of aryl methyl sites for hydroxylation is 2. The highest BCUT2D eigenvalue weighted by Crippen LogP contribution is 2.18. The van der Waals surface area contributed by atoms with Crippen molar-refractivity contribution in [3.63, 3.8) is 0 Å². The molecule has 0 aliphatic carbocycles. The molecule has 7 heteroatoms. The fraction of sp³-hybridized carbons (Fsp3) is 0.500. The van der Waals surface area contributed by atoms with Crippen LogP contribution in [-0.2, 0) is 0 Å². The van der Waals surface area contributed by atoms with Gasteiger partial charge in [-0.3, -0.25) is 14.0 Å². The molecule has 2 rings (SSSR count). The van der Waals surface area contributed by atoms with Gasteiger partial charge in [0.2, 0.25) is 0 Å². The summed E-state index contributed by atoms with van der Waals surface area (Å²) in [6, 6.07) is 0. The van der Waals surface area contributed by atoms with Gasteiger partial charge >= 0.3 is 0 Å². The van der Waals surface area contributed by atoms with E-state index < -0.39 is 11.5 Å². The number of carbonyl (C=O) groups is 1. The summed E-state index contributed by atoms with van der Waals surface area (Å²) >= 11 is 1.42. The predicted molar refractivity (Wildman–Crippen MR) is 82.1 cm³/mol. The minimum absolute atomic E-state index is 0.0140. The van der Waals surface area contributed by atoms with Gasteiger partial charge in [-0.15, -0.1) is 11.3 Å². The smallest absolute Gasteiger partial charge is 0.271 e. The summed E-state index contributed by atoms with van der Waals surface area (Å²) in [6.07, 6.45) is 1.32. The van der Waals surface area contributed by atoms with Crippen molar-refractivity contribution in [3.05, 3.63) is 32.7 Å².